The molecule has 0 saturated carbocycles. The molecule has 2 rings (SSSR count). The van der Waals surface area contributed by atoms with Crippen LogP contribution in [0.2, 0.25) is 19.6 Å². The molecule has 19 heavy (non-hydrogen) atoms. The molecule has 101 valence electrons. The second-order valence-corrected chi connectivity index (χ2v) is 11.2. The first-order valence-corrected chi connectivity index (χ1v) is 10.5. The Kier molecular flexibility index (Phi) is 4.08. The minimum atomic E-state index is -1.55. The van der Waals surface area contributed by atoms with Gasteiger partial charge in [0.2, 0.25) is 6.29 Å². The van der Waals surface area contributed by atoms with Gasteiger partial charge in [0.25, 0.3) is 0 Å². The first-order chi connectivity index (χ1) is 8.94. The quantitative estimate of drug-likeness (QED) is 0.857. The van der Waals surface area contributed by atoms with Crippen molar-refractivity contribution in [3.63, 3.8) is 0 Å². The number of benzene rings is 1. The zero-order valence-corrected chi connectivity index (χ0v) is 13.4. The summed E-state index contributed by atoms with van der Waals surface area (Å²) in [5, 5.41) is 3.11. The smallest absolute Gasteiger partial charge is 0.221 e. The van der Waals surface area contributed by atoms with Crippen molar-refractivity contribution in [1.29, 1.82) is 0 Å². The van der Waals surface area contributed by atoms with E-state index in [1.807, 2.05) is 23.6 Å². The minimum Gasteiger partial charge on any atom is -0.497 e. The van der Waals surface area contributed by atoms with Crippen LogP contribution in [0.4, 0.5) is 0 Å². The number of thiophene rings is 1. The summed E-state index contributed by atoms with van der Waals surface area (Å²) in [5.74, 6) is 0.810. The van der Waals surface area contributed by atoms with Gasteiger partial charge in [0.15, 0.2) is 0 Å². The van der Waals surface area contributed by atoms with E-state index in [9.17, 15) is 4.79 Å². The molecule has 0 aliphatic carbocycles. The van der Waals surface area contributed by atoms with Crippen molar-refractivity contribution in [1.82, 2.24) is 4.98 Å². The third-order valence-corrected chi connectivity index (χ3v) is 4.95. The van der Waals surface area contributed by atoms with Crippen molar-refractivity contribution < 1.29 is 9.53 Å². The number of carbonyl (C=O) groups excluding carboxylic acids is 1. The Balaban J connectivity index is 2.45. The molecule has 0 saturated heterocycles. The molecule has 3 nitrogen and oxygen atoms in total. The molecule has 0 aliphatic rings. The Bertz CT molecular complexity index is 589. The summed E-state index contributed by atoms with van der Waals surface area (Å²) in [7, 11) is 0.104. The number of ether oxygens (including phenoxy) is 1. The summed E-state index contributed by atoms with van der Waals surface area (Å²) >= 11 is 1.64. The van der Waals surface area contributed by atoms with Crippen LogP contribution in [0.25, 0.3) is 10.1 Å². The van der Waals surface area contributed by atoms with Crippen molar-refractivity contribution in [2.24, 2.45) is 0 Å². The van der Waals surface area contributed by atoms with E-state index in [1.165, 1.54) is 0 Å². The molecular formula is C14H18NO2SSi. The van der Waals surface area contributed by atoms with Gasteiger partial charge in [0.05, 0.1) is 13.2 Å². The molecule has 2 aromatic rings. The normalized spacial score (nSPS) is 13.5. The fraction of sp³-hybridized carbons (Fsp3) is 0.357. The van der Waals surface area contributed by atoms with Crippen LogP contribution in [-0.2, 0) is 4.79 Å². The fourth-order valence-corrected chi connectivity index (χ4v) is 4.03. The van der Waals surface area contributed by atoms with Gasteiger partial charge in [-0.25, -0.2) is 0 Å². The average Bonchev–Trinajstić information content (AvgIpc) is 2.77. The van der Waals surface area contributed by atoms with Gasteiger partial charge in [-0.1, -0.05) is 19.6 Å². The molecule has 1 heterocycles. The highest BCUT2D eigenvalue weighted by atomic mass is 32.1. The number of nitrogens with one attached hydrogen (secondary N) is 1. The molecule has 0 amide bonds. The standard InChI is InChI=1S/C14H18NO2SSi/c1-17-10-5-6-14-11(7-10)12(9-18-14)13(8-16)15-19(2,3)4/h5-7,9,13,15H,1-4H3. The molecule has 1 unspecified atom stereocenters. The molecule has 0 bridgehead atoms. The first kappa shape index (κ1) is 14.2. The van der Waals surface area contributed by atoms with Crippen LogP contribution in [0, 0.1) is 0 Å². The maximum Gasteiger partial charge on any atom is 0.221 e. The molecule has 0 spiro atoms. The largest absolute Gasteiger partial charge is 0.497 e. The Morgan fingerprint density at radius 2 is 2.11 bits per heavy atom. The highest BCUT2D eigenvalue weighted by Crippen LogP contribution is 2.33. The van der Waals surface area contributed by atoms with Gasteiger partial charge in [-0.05, 0) is 29.1 Å². The number of rotatable bonds is 5. The molecular weight excluding hydrogens is 274 g/mol. The van der Waals surface area contributed by atoms with Crippen molar-refractivity contribution in [2.45, 2.75) is 25.7 Å². The fourth-order valence-electron chi connectivity index (χ4n) is 1.98. The lowest BCUT2D eigenvalue weighted by molar-refractivity contribution is 0.415. The molecule has 1 atom stereocenters. The monoisotopic (exact) mass is 292 g/mol. The summed E-state index contributed by atoms with van der Waals surface area (Å²) < 4.78 is 6.42. The second-order valence-electron chi connectivity index (χ2n) is 5.50. The van der Waals surface area contributed by atoms with E-state index in [0.717, 1.165) is 21.4 Å². The average molecular weight is 292 g/mol. The van der Waals surface area contributed by atoms with E-state index in [-0.39, 0.29) is 6.04 Å². The van der Waals surface area contributed by atoms with Gasteiger partial charge in [-0.15, -0.1) is 11.3 Å². The maximum absolute atomic E-state index is 11.3. The van der Waals surface area contributed by atoms with Gasteiger partial charge in [0, 0.05) is 10.1 Å². The van der Waals surface area contributed by atoms with Crippen LogP contribution < -0.4 is 9.72 Å². The van der Waals surface area contributed by atoms with E-state index in [2.05, 4.69) is 30.9 Å². The maximum atomic E-state index is 11.3. The minimum absolute atomic E-state index is 0.354. The Morgan fingerprint density at radius 1 is 1.37 bits per heavy atom. The lowest BCUT2D eigenvalue weighted by Crippen LogP contribution is -2.44. The molecule has 0 aliphatic heterocycles. The summed E-state index contributed by atoms with van der Waals surface area (Å²) in [5.41, 5.74) is 0.997. The van der Waals surface area contributed by atoms with E-state index in [1.54, 1.807) is 18.4 Å². The highest BCUT2D eigenvalue weighted by Gasteiger charge is 2.23. The summed E-state index contributed by atoms with van der Waals surface area (Å²) in [6.07, 6.45) is 2.13. The number of fused-ring (bicyclic) bond motifs is 1. The van der Waals surface area contributed by atoms with Crippen LogP contribution >= 0.6 is 11.3 Å². The predicted octanol–water partition coefficient (Wildman–Crippen LogP) is 3.49. The van der Waals surface area contributed by atoms with E-state index < -0.39 is 8.24 Å². The van der Waals surface area contributed by atoms with Crippen LogP contribution in [0.3, 0.4) is 0 Å². The van der Waals surface area contributed by atoms with Gasteiger partial charge in [-0.2, -0.15) is 0 Å². The highest BCUT2D eigenvalue weighted by molar-refractivity contribution is 7.17. The van der Waals surface area contributed by atoms with Gasteiger partial charge in [-0.3, -0.25) is 4.79 Å². The zero-order valence-electron chi connectivity index (χ0n) is 11.6. The molecule has 1 aromatic heterocycles. The number of hydrogen-bond acceptors (Lipinski definition) is 4. The van der Waals surface area contributed by atoms with Gasteiger partial charge >= 0.3 is 0 Å². The Morgan fingerprint density at radius 3 is 2.68 bits per heavy atom. The van der Waals surface area contributed by atoms with Crippen molar-refractivity contribution >= 4 is 35.9 Å². The second kappa shape index (κ2) is 5.44. The van der Waals surface area contributed by atoms with E-state index in [0.29, 0.717) is 0 Å². The lowest BCUT2D eigenvalue weighted by Gasteiger charge is -2.22. The molecule has 1 N–H and O–H groups in total. The predicted molar refractivity (Wildman–Crippen MR) is 83.3 cm³/mol. The van der Waals surface area contributed by atoms with Gasteiger partial charge in [0.1, 0.15) is 14.0 Å². The van der Waals surface area contributed by atoms with Crippen molar-refractivity contribution in [3.8, 4) is 5.75 Å². The van der Waals surface area contributed by atoms with Crippen molar-refractivity contribution in [3.05, 3.63) is 29.1 Å². The third-order valence-electron chi connectivity index (χ3n) is 2.82. The third kappa shape index (κ3) is 3.23. The Labute approximate surface area is 118 Å². The first-order valence-electron chi connectivity index (χ1n) is 6.15. The zero-order chi connectivity index (χ0) is 14.0. The Hall–Kier alpha value is -1.17. The molecule has 1 aromatic carbocycles. The molecule has 0 fully saturated rings. The summed E-state index contributed by atoms with van der Waals surface area (Å²) in [6.45, 7) is 6.52. The van der Waals surface area contributed by atoms with Crippen LogP contribution in [0.5, 0.6) is 5.75 Å². The topological polar surface area (TPSA) is 38.3 Å². The van der Waals surface area contributed by atoms with E-state index in [4.69, 9.17) is 4.74 Å². The summed E-state index contributed by atoms with van der Waals surface area (Å²) in [4.78, 5) is 14.7. The van der Waals surface area contributed by atoms with Crippen LogP contribution in [0.1, 0.15) is 11.6 Å². The van der Waals surface area contributed by atoms with Crippen LogP contribution in [0.15, 0.2) is 23.6 Å². The molecule has 1 radical (unpaired) electrons. The molecule has 5 heteroatoms. The lowest BCUT2D eigenvalue weighted by atomic mass is 10.1. The van der Waals surface area contributed by atoms with Gasteiger partial charge < -0.3 is 9.72 Å². The van der Waals surface area contributed by atoms with Crippen molar-refractivity contribution in [2.75, 3.05) is 7.11 Å². The SMILES string of the molecule is COc1ccc2scc(C([C]=O)N[Si](C)(C)C)c2c1. The van der Waals surface area contributed by atoms with Crippen LogP contribution in [-0.4, -0.2) is 21.6 Å². The summed E-state index contributed by atoms with van der Waals surface area (Å²) in [6, 6.07) is 5.59. The number of methoxy groups -OCH3 is 1. The number of hydrogen-bond donors (Lipinski definition) is 1. The van der Waals surface area contributed by atoms with E-state index >= 15 is 0 Å².